The van der Waals surface area contributed by atoms with Gasteiger partial charge in [0.1, 0.15) is 0 Å². The van der Waals surface area contributed by atoms with Crippen LogP contribution in [-0.2, 0) is 18.1 Å². The van der Waals surface area contributed by atoms with Gasteiger partial charge in [-0.05, 0) is 0 Å². The van der Waals surface area contributed by atoms with Crippen LogP contribution in [0.2, 0.25) is 0 Å². The summed E-state index contributed by atoms with van der Waals surface area (Å²) in [5, 5.41) is 3.57. The van der Waals surface area contributed by atoms with Gasteiger partial charge in [-0.3, -0.25) is 0 Å². The van der Waals surface area contributed by atoms with Crippen molar-refractivity contribution in [2.24, 2.45) is 0 Å². The third-order valence-electron chi connectivity index (χ3n) is 4.71. The molecule has 0 radical (unpaired) electrons. The van der Waals surface area contributed by atoms with Crippen molar-refractivity contribution in [3.8, 4) is 0 Å². The molecule has 0 amide bonds. The summed E-state index contributed by atoms with van der Waals surface area (Å²) >= 11 is 0. The van der Waals surface area contributed by atoms with Gasteiger partial charge in [-0.15, -0.1) is 0 Å². The van der Waals surface area contributed by atoms with Gasteiger partial charge in [0, 0.05) is 0 Å². The molecule has 4 atom stereocenters. The van der Waals surface area contributed by atoms with Crippen LogP contribution in [0.3, 0.4) is 0 Å². The molecular formula is C14H28NO4P. The van der Waals surface area contributed by atoms with E-state index >= 15 is 0 Å². The molecule has 1 spiro atoms. The van der Waals surface area contributed by atoms with E-state index < -0.39 is 7.66 Å². The van der Waals surface area contributed by atoms with E-state index in [1.54, 1.807) is 0 Å². The van der Waals surface area contributed by atoms with Crippen LogP contribution in [0.5, 0.6) is 0 Å². The molecular weight excluding hydrogens is 277 g/mol. The van der Waals surface area contributed by atoms with Crippen molar-refractivity contribution in [2.75, 3.05) is 0 Å². The molecule has 2 saturated heterocycles. The third-order valence-corrected chi connectivity index (χ3v) is 8.28. The molecule has 0 bridgehead atoms. The van der Waals surface area contributed by atoms with Gasteiger partial charge in [0.2, 0.25) is 0 Å². The van der Waals surface area contributed by atoms with E-state index in [2.05, 4.69) is 5.09 Å². The molecule has 1 N–H and O–H groups in total. The van der Waals surface area contributed by atoms with Gasteiger partial charge in [0.15, 0.2) is 0 Å². The zero-order valence-corrected chi connectivity index (χ0v) is 13.9. The summed E-state index contributed by atoms with van der Waals surface area (Å²) in [6.45, 7) is 8.09. The fourth-order valence-electron chi connectivity index (χ4n) is 3.29. The Balaban J connectivity index is 1.85. The molecule has 118 valence electrons. The predicted octanol–water partition coefficient (Wildman–Crippen LogP) is 3.68. The van der Waals surface area contributed by atoms with Crippen LogP contribution in [0.15, 0.2) is 0 Å². The molecule has 0 unspecified atom stereocenters. The fraction of sp³-hybridized carbons (Fsp3) is 1.00. The maximum atomic E-state index is 6.21. The molecule has 6 heteroatoms. The number of hydrogen-bond donors (Lipinski definition) is 1. The third kappa shape index (κ3) is 2.53. The minimum absolute atomic E-state index is 0.0127. The summed E-state index contributed by atoms with van der Waals surface area (Å²) in [6.07, 6.45) is 6.05. The molecule has 0 aromatic heterocycles. The van der Waals surface area contributed by atoms with Crippen molar-refractivity contribution < 1.29 is 18.1 Å². The summed E-state index contributed by atoms with van der Waals surface area (Å²) in [5.41, 5.74) is 0. The Hall–Kier alpha value is 0.230. The van der Waals surface area contributed by atoms with E-state index in [1.165, 1.54) is 19.3 Å². The standard InChI is InChI=1S/C14H28NO4P/c1-10-11(2)17-20(16-10,18-12(3)13(4)19-20)15-14-8-6-5-7-9-14/h10-15H,5-9H2,1-4H3/t10-,11+,12-,13+. The van der Waals surface area contributed by atoms with Gasteiger partial charge in [0.05, 0.1) is 0 Å². The maximum absolute atomic E-state index is 6.21. The molecule has 0 aromatic rings. The number of rotatable bonds is 2. The van der Waals surface area contributed by atoms with Crippen molar-refractivity contribution in [3.05, 3.63) is 0 Å². The Bertz CT molecular complexity index is 323. The molecule has 0 aromatic carbocycles. The molecule has 1 saturated carbocycles. The van der Waals surface area contributed by atoms with Crippen molar-refractivity contribution in [2.45, 2.75) is 90.3 Å². The molecule has 1 aliphatic carbocycles. The van der Waals surface area contributed by atoms with Crippen molar-refractivity contribution >= 4 is 7.66 Å². The first-order valence-electron chi connectivity index (χ1n) is 7.98. The first-order chi connectivity index (χ1) is 9.41. The molecule has 2 aliphatic heterocycles. The van der Waals surface area contributed by atoms with E-state index in [0.29, 0.717) is 6.04 Å². The van der Waals surface area contributed by atoms with E-state index in [-0.39, 0.29) is 24.4 Å². The van der Waals surface area contributed by atoms with Crippen LogP contribution in [-0.4, -0.2) is 30.5 Å². The Labute approximate surface area is 122 Å². The van der Waals surface area contributed by atoms with E-state index in [4.69, 9.17) is 18.1 Å². The molecule has 3 rings (SSSR count). The molecule has 20 heavy (non-hydrogen) atoms. The summed E-state index contributed by atoms with van der Waals surface area (Å²) < 4.78 is 24.8. The van der Waals surface area contributed by atoms with Crippen molar-refractivity contribution in [1.29, 1.82) is 0 Å². The second-order valence-corrected chi connectivity index (χ2v) is 9.24. The van der Waals surface area contributed by atoms with Gasteiger partial charge in [-0.1, -0.05) is 0 Å². The Morgan fingerprint density at radius 1 is 0.700 bits per heavy atom. The Morgan fingerprint density at radius 2 is 1.10 bits per heavy atom. The van der Waals surface area contributed by atoms with Gasteiger partial charge in [0.25, 0.3) is 0 Å². The van der Waals surface area contributed by atoms with Crippen LogP contribution >= 0.6 is 7.66 Å². The van der Waals surface area contributed by atoms with E-state index in [0.717, 1.165) is 12.8 Å². The zero-order valence-electron chi connectivity index (χ0n) is 13.0. The van der Waals surface area contributed by atoms with Crippen LogP contribution in [0, 0.1) is 0 Å². The molecule has 5 nitrogen and oxygen atoms in total. The number of nitrogens with one attached hydrogen (secondary N) is 1. The SMILES string of the molecule is C[C@@H]1OP2(NC3CCCCC3)(O[C@@H](C)[C@@H](C)O2)O[C@@H]1C. The number of hydrogen-bond acceptors (Lipinski definition) is 5. The summed E-state index contributed by atoms with van der Waals surface area (Å²) in [4.78, 5) is 0. The van der Waals surface area contributed by atoms with Gasteiger partial charge < -0.3 is 0 Å². The van der Waals surface area contributed by atoms with E-state index in [1.807, 2.05) is 27.7 Å². The summed E-state index contributed by atoms with van der Waals surface area (Å²) in [5.74, 6) is 0. The molecule has 2 heterocycles. The second-order valence-electron chi connectivity index (χ2n) is 6.52. The Morgan fingerprint density at radius 3 is 1.50 bits per heavy atom. The molecule has 3 aliphatic rings. The zero-order chi connectivity index (χ0) is 14.4. The first kappa shape index (κ1) is 15.1. The van der Waals surface area contributed by atoms with Crippen LogP contribution in [0.4, 0.5) is 0 Å². The predicted molar refractivity (Wildman–Crippen MR) is 79.1 cm³/mol. The second kappa shape index (κ2) is 5.15. The average molecular weight is 305 g/mol. The topological polar surface area (TPSA) is 49.0 Å². The van der Waals surface area contributed by atoms with Crippen molar-refractivity contribution in [3.63, 3.8) is 0 Å². The van der Waals surface area contributed by atoms with Gasteiger partial charge >= 0.3 is 121 Å². The van der Waals surface area contributed by atoms with Crippen LogP contribution in [0.25, 0.3) is 0 Å². The first-order valence-corrected chi connectivity index (χ1v) is 9.89. The normalized spacial score (nSPS) is 46.3. The fourth-order valence-corrected chi connectivity index (χ4v) is 7.67. The van der Waals surface area contributed by atoms with Gasteiger partial charge in [-0.2, -0.15) is 0 Å². The average Bonchev–Trinajstić information content (AvgIpc) is 2.75. The van der Waals surface area contributed by atoms with Crippen LogP contribution < -0.4 is 5.09 Å². The van der Waals surface area contributed by atoms with E-state index in [9.17, 15) is 0 Å². The molecule has 3 fully saturated rings. The summed E-state index contributed by atoms with van der Waals surface area (Å²) in [7, 11) is -3.60. The minimum atomic E-state index is -3.60. The van der Waals surface area contributed by atoms with Gasteiger partial charge in [-0.25, -0.2) is 0 Å². The Kier molecular flexibility index (Phi) is 3.90. The van der Waals surface area contributed by atoms with Crippen molar-refractivity contribution in [1.82, 2.24) is 5.09 Å². The quantitative estimate of drug-likeness (QED) is 0.789. The monoisotopic (exact) mass is 305 g/mol. The van der Waals surface area contributed by atoms with Crippen LogP contribution in [0.1, 0.15) is 59.8 Å². The summed E-state index contributed by atoms with van der Waals surface area (Å²) in [6, 6.07) is 0.372.